The van der Waals surface area contributed by atoms with Gasteiger partial charge in [-0.15, -0.1) is 0 Å². The van der Waals surface area contributed by atoms with E-state index in [2.05, 4.69) is 99.8 Å². The number of rotatable bonds is 19. The molecule has 0 aliphatic heterocycles. The summed E-state index contributed by atoms with van der Waals surface area (Å²) in [6.07, 6.45) is 17.7. The zero-order chi connectivity index (χ0) is 34.0. The van der Waals surface area contributed by atoms with E-state index in [4.69, 9.17) is 9.47 Å². The summed E-state index contributed by atoms with van der Waals surface area (Å²) >= 11 is 0. The number of aromatic amines is 1. The van der Waals surface area contributed by atoms with Gasteiger partial charge in [0, 0.05) is 63.1 Å². The van der Waals surface area contributed by atoms with E-state index in [-0.39, 0.29) is 23.4 Å². The lowest BCUT2D eigenvalue weighted by atomic mass is 10.1. The molecule has 2 aromatic carbocycles. The van der Waals surface area contributed by atoms with Gasteiger partial charge in [-0.2, -0.15) is 0 Å². The standard InChI is InChI=1S/C38H45N4O4S2/c1-40-24-19-33(20-25-40)7-6-31-10-14-35(15-11-31)41(2)22-4-26-45-37(43)29-47-48-30-38(44)46-27-5-23-42(3)36-16-12-32(13-17-36)8-9-34-18-21-39-28-34/h6-21,24-25,28,39H,4-5,22-23,26-27,29-30H2,1-3H3/q+1/b9-8+. The molecule has 0 aliphatic carbocycles. The molecule has 4 rings (SSSR count). The van der Waals surface area contributed by atoms with Crippen LogP contribution in [0, 0.1) is 0 Å². The highest BCUT2D eigenvalue weighted by atomic mass is 33.1. The molecule has 0 bridgehead atoms. The van der Waals surface area contributed by atoms with Crippen LogP contribution in [0.5, 0.6) is 0 Å². The maximum Gasteiger partial charge on any atom is 0.316 e. The summed E-state index contributed by atoms with van der Waals surface area (Å²) in [5.41, 5.74) is 6.78. The summed E-state index contributed by atoms with van der Waals surface area (Å²) in [5.74, 6) is -0.176. The van der Waals surface area contributed by atoms with Gasteiger partial charge in [0.15, 0.2) is 12.4 Å². The van der Waals surface area contributed by atoms with Crippen LogP contribution in [0.4, 0.5) is 11.4 Å². The van der Waals surface area contributed by atoms with Crippen molar-refractivity contribution < 1.29 is 23.6 Å². The largest absolute Gasteiger partial charge is 0.465 e. The van der Waals surface area contributed by atoms with Crippen LogP contribution in [-0.4, -0.2) is 68.8 Å². The molecule has 252 valence electrons. The maximum absolute atomic E-state index is 12.1. The van der Waals surface area contributed by atoms with Crippen molar-refractivity contribution in [3.8, 4) is 0 Å². The minimum absolute atomic E-state index is 0.190. The summed E-state index contributed by atoms with van der Waals surface area (Å²) < 4.78 is 12.7. The van der Waals surface area contributed by atoms with Crippen LogP contribution in [-0.2, 0) is 26.1 Å². The van der Waals surface area contributed by atoms with E-state index in [1.165, 1.54) is 21.6 Å². The minimum atomic E-state index is -0.278. The summed E-state index contributed by atoms with van der Waals surface area (Å²) in [5, 5.41) is 0. The van der Waals surface area contributed by atoms with E-state index < -0.39 is 0 Å². The molecule has 0 amide bonds. The quantitative estimate of drug-likeness (QED) is 0.0490. The van der Waals surface area contributed by atoms with Gasteiger partial charge in [-0.25, -0.2) is 4.57 Å². The van der Waals surface area contributed by atoms with Crippen molar-refractivity contribution in [3.05, 3.63) is 114 Å². The van der Waals surface area contributed by atoms with Gasteiger partial charge in [0.2, 0.25) is 0 Å². The Morgan fingerprint density at radius 1 is 0.667 bits per heavy atom. The number of aromatic nitrogens is 2. The van der Waals surface area contributed by atoms with E-state index >= 15 is 0 Å². The van der Waals surface area contributed by atoms with E-state index in [9.17, 15) is 9.59 Å². The topological polar surface area (TPSA) is 78.8 Å². The smallest absolute Gasteiger partial charge is 0.316 e. The highest BCUT2D eigenvalue weighted by Gasteiger charge is 2.09. The van der Waals surface area contributed by atoms with Crippen LogP contribution in [0.3, 0.4) is 0 Å². The number of benzene rings is 2. The SMILES string of the molecule is CN(CCCOC(=O)CSSCC(=O)OCCCN(C)c1ccc(/C=C/c2cc[nH]c2)cc1)c1ccc(/C=C/c2cc[n+](C)cc2)cc1. The first kappa shape index (κ1) is 36.4. The zero-order valence-electron chi connectivity index (χ0n) is 27.9. The number of H-pyrrole nitrogens is 1. The molecule has 4 aromatic rings. The average molecular weight is 686 g/mol. The van der Waals surface area contributed by atoms with Crippen molar-refractivity contribution in [1.82, 2.24) is 4.98 Å². The number of nitrogens with one attached hydrogen (secondary N) is 1. The fourth-order valence-electron chi connectivity index (χ4n) is 4.63. The van der Waals surface area contributed by atoms with Crippen molar-refractivity contribution in [2.24, 2.45) is 7.05 Å². The molecule has 1 N–H and O–H groups in total. The molecular formula is C38H45N4O4S2+. The first-order valence-electron chi connectivity index (χ1n) is 16.0. The molecule has 48 heavy (non-hydrogen) atoms. The molecule has 0 spiro atoms. The number of hydrogen-bond donors (Lipinski definition) is 1. The molecule has 0 saturated heterocycles. The molecule has 8 nitrogen and oxygen atoms in total. The highest BCUT2D eigenvalue weighted by molar-refractivity contribution is 8.77. The lowest BCUT2D eigenvalue weighted by molar-refractivity contribution is -0.671. The lowest BCUT2D eigenvalue weighted by Crippen LogP contribution is -2.25. The molecule has 2 heterocycles. The van der Waals surface area contributed by atoms with E-state index in [0.29, 0.717) is 13.2 Å². The Balaban J connectivity index is 0.994. The molecule has 0 unspecified atom stereocenters. The molecule has 0 radical (unpaired) electrons. The van der Waals surface area contributed by atoms with Crippen molar-refractivity contribution in [2.75, 3.05) is 61.7 Å². The summed E-state index contributed by atoms with van der Waals surface area (Å²) in [4.78, 5) is 31.5. The Bertz CT molecular complexity index is 1590. The zero-order valence-corrected chi connectivity index (χ0v) is 29.6. The molecule has 0 aliphatic rings. The maximum atomic E-state index is 12.1. The number of anilines is 2. The van der Waals surface area contributed by atoms with E-state index in [1.54, 1.807) is 0 Å². The number of nitrogens with zero attached hydrogens (tertiary/aromatic N) is 3. The van der Waals surface area contributed by atoms with Gasteiger partial charge in [-0.1, -0.05) is 70.2 Å². The minimum Gasteiger partial charge on any atom is -0.465 e. The van der Waals surface area contributed by atoms with Gasteiger partial charge in [0.1, 0.15) is 18.6 Å². The average Bonchev–Trinajstić information content (AvgIpc) is 3.63. The number of ether oxygens (including phenoxy) is 2. The molecule has 10 heteroatoms. The van der Waals surface area contributed by atoms with Gasteiger partial charge in [-0.3, -0.25) is 9.59 Å². The van der Waals surface area contributed by atoms with Crippen LogP contribution in [0.25, 0.3) is 24.3 Å². The first-order chi connectivity index (χ1) is 23.4. The second-order valence-electron chi connectivity index (χ2n) is 11.3. The number of hydrogen-bond acceptors (Lipinski definition) is 8. The molecule has 0 atom stereocenters. The molecular weight excluding hydrogens is 641 g/mol. The van der Waals surface area contributed by atoms with E-state index in [0.717, 1.165) is 59.6 Å². The van der Waals surface area contributed by atoms with Gasteiger partial charge in [0.25, 0.3) is 0 Å². The third-order valence-electron chi connectivity index (χ3n) is 7.47. The van der Waals surface area contributed by atoms with Crippen molar-refractivity contribution in [3.63, 3.8) is 0 Å². The van der Waals surface area contributed by atoms with Gasteiger partial charge in [-0.05, 0) is 65.4 Å². The van der Waals surface area contributed by atoms with Crippen LogP contribution < -0.4 is 14.4 Å². The number of pyridine rings is 1. The third kappa shape index (κ3) is 13.4. The molecule has 2 aromatic heterocycles. The fraction of sp³-hybridized carbons (Fsp3) is 0.289. The Morgan fingerprint density at radius 2 is 1.10 bits per heavy atom. The van der Waals surface area contributed by atoms with Gasteiger partial charge < -0.3 is 24.3 Å². The van der Waals surface area contributed by atoms with Gasteiger partial charge in [0.05, 0.1) is 13.2 Å². The van der Waals surface area contributed by atoms with E-state index in [1.807, 2.05) is 56.6 Å². The van der Waals surface area contributed by atoms with Crippen LogP contribution in [0.15, 0.2) is 91.5 Å². The number of carbonyl (C=O) groups excluding carboxylic acids is 2. The predicted molar refractivity (Wildman–Crippen MR) is 202 cm³/mol. The summed E-state index contributed by atoms with van der Waals surface area (Å²) in [6.45, 7) is 2.26. The lowest BCUT2D eigenvalue weighted by Gasteiger charge is -2.19. The monoisotopic (exact) mass is 685 g/mol. The highest BCUT2D eigenvalue weighted by Crippen LogP contribution is 2.22. The Morgan fingerprint density at radius 3 is 1.54 bits per heavy atom. The predicted octanol–water partition coefficient (Wildman–Crippen LogP) is 7.00. The second kappa shape index (κ2) is 20.1. The Kier molecular flexibility index (Phi) is 15.2. The van der Waals surface area contributed by atoms with Crippen LogP contribution >= 0.6 is 21.6 Å². The van der Waals surface area contributed by atoms with Crippen molar-refractivity contribution in [1.29, 1.82) is 0 Å². The van der Waals surface area contributed by atoms with Crippen LogP contribution in [0.1, 0.15) is 35.1 Å². The van der Waals surface area contributed by atoms with Gasteiger partial charge >= 0.3 is 11.9 Å². The number of aryl methyl sites for hydroxylation is 1. The van der Waals surface area contributed by atoms with Crippen molar-refractivity contribution >= 4 is 69.2 Å². The summed E-state index contributed by atoms with van der Waals surface area (Å²) in [7, 11) is 8.68. The number of carbonyl (C=O) groups is 2. The first-order valence-corrected chi connectivity index (χ1v) is 18.5. The second-order valence-corrected chi connectivity index (χ2v) is 13.8. The Labute approximate surface area is 292 Å². The summed E-state index contributed by atoms with van der Waals surface area (Å²) in [6, 6.07) is 22.9. The third-order valence-corrected chi connectivity index (χ3v) is 9.55. The fourth-order valence-corrected chi connectivity index (χ4v) is 6.23. The van der Waals surface area contributed by atoms with Crippen LogP contribution in [0.2, 0.25) is 0 Å². The number of esters is 2. The molecule has 0 saturated carbocycles. The van der Waals surface area contributed by atoms with Crippen molar-refractivity contribution in [2.45, 2.75) is 12.8 Å². The Hall–Kier alpha value is -4.41. The molecule has 0 fully saturated rings. The normalized spacial score (nSPS) is 11.2.